The molecule has 0 aliphatic rings. The number of fused-ring (bicyclic) bond motifs is 1. The van der Waals surface area contributed by atoms with Crippen LogP contribution in [0.3, 0.4) is 0 Å². The molecule has 2 N–H and O–H groups in total. The van der Waals surface area contributed by atoms with E-state index in [2.05, 4.69) is 10.6 Å². The van der Waals surface area contributed by atoms with Gasteiger partial charge in [-0.2, -0.15) is 0 Å². The molecule has 0 spiro atoms. The van der Waals surface area contributed by atoms with Crippen molar-refractivity contribution in [3.8, 4) is 0 Å². The van der Waals surface area contributed by atoms with Crippen LogP contribution in [0, 0.1) is 0 Å². The van der Waals surface area contributed by atoms with E-state index in [4.69, 9.17) is 16.0 Å². The lowest BCUT2D eigenvalue weighted by Crippen LogP contribution is -2.29. The summed E-state index contributed by atoms with van der Waals surface area (Å²) >= 11 is 6.38. The number of halogens is 1. The second kappa shape index (κ2) is 8.47. The maximum absolute atomic E-state index is 12.7. The molecule has 4 aromatic rings. The van der Waals surface area contributed by atoms with E-state index in [1.54, 1.807) is 43.3 Å². The van der Waals surface area contributed by atoms with Gasteiger partial charge >= 0.3 is 5.76 Å². The van der Waals surface area contributed by atoms with Crippen molar-refractivity contribution in [1.29, 1.82) is 0 Å². The number of nitrogens with zero attached hydrogens (tertiary/aromatic N) is 1. The van der Waals surface area contributed by atoms with E-state index < -0.39 is 11.8 Å². The first kappa shape index (κ1) is 19.8. The van der Waals surface area contributed by atoms with Crippen LogP contribution in [-0.4, -0.2) is 10.5 Å². The van der Waals surface area contributed by atoms with E-state index in [-0.39, 0.29) is 5.91 Å². The van der Waals surface area contributed by atoms with Gasteiger partial charge in [-0.25, -0.2) is 4.79 Å². The second-order valence-corrected chi connectivity index (χ2v) is 7.31. The fourth-order valence-corrected chi connectivity index (χ4v) is 3.49. The smallest absolute Gasteiger partial charge is 0.408 e. The minimum absolute atomic E-state index is 0.343. The number of carbonyl (C=O) groups excluding carboxylic acids is 1. The Balaban J connectivity index is 1.47. The molecule has 152 valence electrons. The molecule has 1 aromatic heterocycles. The van der Waals surface area contributed by atoms with Crippen molar-refractivity contribution in [2.24, 2.45) is 0 Å². The van der Waals surface area contributed by atoms with Crippen LogP contribution in [0.1, 0.15) is 18.5 Å². The first-order valence-corrected chi connectivity index (χ1v) is 9.89. The fourth-order valence-electron chi connectivity index (χ4n) is 3.24. The van der Waals surface area contributed by atoms with E-state index >= 15 is 0 Å². The number of rotatable bonds is 6. The zero-order chi connectivity index (χ0) is 21.1. The highest BCUT2D eigenvalue weighted by Gasteiger charge is 2.21. The van der Waals surface area contributed by atoms with Crippen molar-refractivity contribution < 1.29 is 9.21 Å². The molecule has 1 amide bonds. The Morgan fingerprint density at radius 3 is 2.57 bits per heavy atom. The van der Waals surface area contributed by atoms with E-state index in [1.165, 1.54) is 4.57 Å². The summed E-state index contributed by atoms with van der Waals surface area (Å²) in [5.41, 5.74) is 3.46. The van der Waals surface area contributed by atoms with Gasteiger partial charge in [0.15, 0.2) is 5.58 Å². The monoisotopic (exact) mass is 421 g/mol. The van der Waals surface area contributed by atoms with Crippen LogP contribution in [0.5, 0.6) is 0 Å². The van der Waals surface area contributed by atoms with Gasteiger partial charge in [-0.15, -0.1) is 0 Å². The number of nitrogens with one attached hydrogen (secondary N) is 2. The third-order valence-corrected chi connectivity index (χ3v) is 5.16. The van der Waals surface area contributed by atoms with Crippen LogP contribution < -0.4 is 16.4 Å². The van der Waals surface area contributed by atoms with Crippen molar-refractivity contribution in [3.63, 3.8) is 0 Å². The molecule has 0 aliphatic carbocycles. The largest absolute Gasteiger partial charge is 0.420 e. The van der Waals surface area contributed by atoms with Crippen LogP contribution in [-0.2, 0) is 11.3 Å². The highest BCUT2D eigenvalue weighted by atomic mass is 35.5. The topological polar surface area (TPSA) is 76.3 Å². The van der Waals surface area contributed by atoms with Crippen molar-refractivity contribution in [3.05, 3.63) is 93.9 Å². The Kier molecular flexibility index (Phi) is 5.59. The number of para-hydroxylation sites is 2. The van der Waals surface area contributed by atoms with Crippen LogP contribution in [0.2, 0.25) is 5.02 Å². The fraction of sp³-hybridized carbons (Fsp3) is 0.130. The first-order valence-electron chi connectivity index (χ1n) is 9.51. The molecule has 0 aliphatic heterocycles. The minimum atomic E-state index is -0.754. The van der Waals surface area contributed by atoms with Gasteiger partial charge in [0.25, 0.3) is 0 Å². The molecular weight excluding hydrogens is 402 g/mol. The molecule has 0 radical (unpaired) electrons. The molecule has 7 heteroatoms. The SMILES string of the molecule is CC(C(=O)Nc1ccc(NCc2ccccc2)c(Cl)c1)n1c(=O)oc2ccccc21. The van der Waals surface area contributed by atoms with Gasteiger partial charge in [0.2, 0.25) is 5.91 Å². The highest BCUT2D eigenvalue weighted by molar-refractivity contribution is 6.33. The molecule has 3 aromatic carbocycles. The molecule has 4 rings (SSSR count). The van der Waals surface area contributed by atoms with Gasteiger partial charge < -0.3 is 15.1 Å². The summed E-state index contributed by atoms with van der Waals surface area (Å²) in [6.45, 7) is 2.29. The van der Waals surface area contributed by atoms with Gasteiger partial charge in [-0.05, 0) is 42.8 Å². The summed E-state index contributed by atoms with van der Waals surface area (Å²) in [7, 11) is 0. The van der Waals surface area contributed by atoms with Crippen molar-refractivity contribution >= 4 is 40.0 Å². The third-order valence-electron chi connectivity index (χ3n) is 4.85. The van der Waals surface area contributed by atoms with Crippen LogP contribution in [0.15, 0.2) is 82.0 Å². The van der Waals surface area contributed by atoms with E-state index in [0.717, 1.165) is 11.3 Å². The van der Waals surface area contributed by atoms with Crippen molar-refractivity contribution in [2.45, 2.75) is 19.5 Å². The van der Waals surface area contributed by atoms with Crippen LogP contribution >= 0.6 is 11.6 Å². The molecule has 0 bridgehead atoms. The van der Waals surface area contributed by atoms with E-state index in [0.29, 0.717) is 28.4 Å². The van der Waals surface area contributed by atoms with Gasteiger partial charge in [0, 0.05) is 12.2 Å². The van der Waals surface area contributed by atoms with Crippen molar-refractivity contribution in [2.75, 3.05) is 10.6 Å². The number of benzene rings is 3. The lowest BCUT2D eigenvalue weighted by molar-refractivity contribution is -0.118. The Labute approximate surface area is 178 Å². The summed E-state index contributed by atoms with van der Waals surface area (Å²) in [4.78, 5) is 25.0. The predicted octanol–water partition coefficient (Wildman–Crippen LogP) is 5.06. The van der Waals surface area contributed by atoms with Gasteiger partial charge in [-0.3, -0.25) is 9.36 Å². The summed E-state index contributed by atoms with van der Waals surface area (Å²) in [5, 5.41) is 6.58. The maximum Gasteiger partial charge on any atom is 0.420 e. The molecule has 0 saturated carbocycles. The number of hydrogen-bond acceptors (Lipinski definition) is 4. The normalized spacial score (nSPS) is 11.9. The maximum atomic E-state index is 12.7. The number of anilines is 2. The zero-order valence-electron chi connectivity index (χ0n) is 16.3. The zero-order valence-corrected chi connectivity index (χ0v) is 17.0. The first-order chi connectivity index (χ1) is 14.5. The summed E-state index contributed by atoms with van der Waals surface area (Å²) in [6.07, 6.45) is 0. The lowest BCUT2D eigenvalue weighted by atomic mass is 10.2. The quantitative estimate of drug-likeness (QED) is 0.456. The molecule has 6 nitrogen and oxygen atoms in total. The molecular formula is C23H20ClN3O3. The Bertz CT molecular complexity index is 1250. The second-order valence-electron chi connectivity index (χ2n) is 6.90. The van der Waals surface area contributed by atoms with Gasteiger partial charge in [0.05, 0.1) is 16.2 Å². The van der Waals surface area contributed by atoms with Crippen molar-refractivity contribution in [1.82, 2.24) is 4.57 Å². The summed E-state index contributed by atoms with van der Waals surface area (Å²) in [5.74, 6) is -0.915. The minimum Gasteiger partial charge on any atom is -0.408 e. The Morgan fingerprint density at radius 1 is 1.07 bits per heavy atom. The van der Waals surface area contributed by atoms with Crippen LogP contribution in [0.25, 0.3) is 11.1 Å². The number of aromatic nitrogens is 1. The lowest BCUT2D eigenvalue weighted by Gasteiger charge is -2.14. The Hall–Kier alpha value is -3.51. The Morgan fingerprint density at radius 2 is 1.80 bits per heavy atom. The number of amides is 1. The molecule has 1 unspecified atom stereocenters. The molecule has 30 heavy (non-hydrogen) atoms. The highest BCUT2D eigenvalue weighted by Crippen LogP contribution is 2.27. The molecule has 1 atom stereocenters. The number of oxazole rings is 1. The van der Waals surface area contributed by atoms with Gasteiger partial charge in [-0.1, -0.05) is 54.1 Å². The molecule has 1 heterocycles. The third kappa shape index (κ3) is 4.09. The predicted molar refractivity (Wildman–Crippen MR) is 119 cm³/mol. The molecule has 0 saturated heterocycles. The summed E-state index contributed by atoms with van der Waals surface area (Å²) < 4.78 is 6.55. The van der Waals surface area contributed by atoms with E-state index in [9.17, 15) is 9.59 Å². The molecule has 0 fully saturated rings. The van der Waals surface area contributed by atoms with E-state index in [1.807, 2.05) is 36.4 Å². The van der Waals surface area contributed by atoms with Gasteiger partial charge in [0.1, 0.15) is 6.04 Å². The summed E-state index contributed by atoms with van der Waals surface area (Å²) in [6, 6.07) is 21.5. The standard InChI is InChI=1S/C23H20ClN3O3/c1-15(27-20-9-5-6-10-21(20)30-23(27)29)22(28)26-17-11-12-19(18(24)13-17)25-14-16-7-3-2-4-8-16/h2-13,15,25H,14H2,1H3,(H,26,28). The number of hydrogen-bond donors (Lipinski definition) is 2. The van der Waals surface area contributed by atoms with Crippen LogP contribution in [0.4, 0.5) is 11.4 Å². The number of carbonyl (C=O) groups is 1. The average Bonchev–Trinajstić information content (AvgIpc) is 3.09. The average molecular weight is 422 g/mol.